The Balaban J connectivity index is 2.93. The molecule has 1 atom stereocenters. The Labute approximate surface area is 84.4 Å². The summed E-state index contributed by atoms with van der Waals surface area (Å²) >= 11 is 0. The molecule has 0 aromatic carbocycles. The van der Waals surface area contributed by atoms with Gasteiger partial charge in [-0.1, -0.05) is 6.07 Å². The maximum absolute atomic E-state index is 5.51. The van der Waals surface area contributed by atoms with Gasteiger partial charge in [-0.05, 0) is 25.5 Å². The number of pyridine rings is 1. The summed E-state index contributed by atoms with van der Waals surface area (Å²) < 4.78 is 5.37. The van der Waals surface area contributed by atoms with E-state index in [-0.39, 0.29) is 11.6 Å². The molecule has 0 aliphatic carbocycles. The number of ether oxygens (including phenoxy) is 1. The van der Waals surface area contributed by atoms with Gasteiger partial charge < -0.3 is 4.74 Å². The Morgan fingerprint density at radius 1 is 1.57 bits per heavy atom. The van der Waals surface area contributed by atoms with Crippen LogP contribution < -0.4 is 11.3 Å². The van der Waals surface area contributed by atoms with E-state index < -0.39 is 0 Å². The van der Waals surface area contributed by atoms with Crippen LogP contribution in [0.15, 0.2) is 24.5 Å². The Bertz CT molecular complexity index is 274. The van der Waals surface area contributed by atoms with Crippen molar-refractivity contribution in [3.63, 3.8) is 0 Å². The van der Waals surface area contributed by atoms with Gasteiger partial charge in [-0.2, -0.15) is 0 Å². The van der Waals surface area contributed by atoms with Crippen molar-refractivity contribution in [2.24, 2.45) is 5.84 Å². The molecule has 0 saturated carbocycles. The second-order valence-corrected chi connectivity index (χ2v) is 3.69. The number of rotatable bonds is 4. The summed E-state index contributed by atoms with van der Waals surface area (Å²) in [5.41, 5.74) is 3.40. The molecule has 0 saturated heterocycles. The minimum absolute atomic E-state index is 0.0683. The van der Waals surface area contributed by atoms with Gasteiger partial charge in [0.25, 0.3) is 0 Å². The highest BCUT2D eigenvalue weighted by atomic mass is 16.5. The molecule has 3 N–H and O–H groups in total. The number of methoxy groups -OCH3 is 1. The molecule has 0 fully saturated rings. The highest BCUT2D eigenvalue weighted by Crippen LogP contribution is 2.26. The van der Waals surface area contributed by atoms with E-state index in [9.17, 15) is 0 Å². The first-order valence-corrected chi connectivity index (χ1v) is 4.53. The van der Waals surface area contributed by atoms with Gasteiger partial charge in [0.15, 0.2) is 0 Å². The number of aromatic nitrogens is 1. The van der Waals surface area contributed by atoms with Crippen molar-refractivity contribution >= 4 is 0 Å². The molecule has 0 amide bonds. The van der Waals surface area contributed by atoms with Gasteiger partial charge in [-0.15, -0.1) is 0 Å². The molecule has 0 bridgehead atoms. The molecule has 4 heteroatoms. The lowest BCUT2D eigenvalue weighted by atomic mass is 9.93. The number of hydrogen-bond donors (Lipinski definition) is 2. The van der Waals surface area contributed by atoms with Crippen molar-refractivity contribution in [3.05, 3.63) is 30.1 Å². The molecule has 0 spiro atoms. The van der Waals surface area contributed by atoms with Gasteiger partial charge in [-0.3, -0.25) is 16.3 Å². The first kappa shape index (κ1) is 11.1. The number of nitrogens with one attached hydrogen (secondary N) is 1. The standard InChI is InChI=1S/C10H17N3O/c1-10(2,14-3)9(13-11)8-5-4-6-12-7-8/h4-7,9,13H,11H2,1-3H3. The zero-order valence-electron chi connectivity index (χ0n) is 8.82. The van der Waals surface area contributed by atoms with Gasteiger partial charge >= 0.3 is 0 Å². The third kappa shape index (κ3) is 2.29. The summed E-state index contributed by atoms with van der Waals surface area (Å²) in [4.78, 5) is 4.05. The van der Waals surface area contributed by atoms with Crippen LogP contribution >= 0.6 is 0 Å². The molecular weight excluding hydrogens is 178 g/mol. The Morgan fingerprint density at radius 2 is 2.29 bits per heavy atom. The van der Waals surface area contributed by atoms with Gasteiger partial charge in [0.05, 0.1) is 11.6 Å². The Kier molecular flexibility index (Phi) is 3.57. The zero-order chi connectivity index (χ0) is 10.6. The lowest BCUT2D eigenvalue weighted by molar-refractivity contribution is -0.0112. The highest BCUT2D eigenvalue weighted by Gasteiger charge is 2.29. The molecule has 0 aliphatic rings. The summed E-state index contributed by atoms with van der Waals surface area (Å²) in [6.07, 6.45) is 3.52. The molecule has 1 heterocycles. The summed E-state index contributed by atoms with van der Waals surface area (Å²) in [6, 6.07) is 3.78. The molecule has 1 unspecified atom stereocenters. The van der Waals surface area contributed by atoms with E-state index in [0.29, 0.717) is 0 Å². The van der Waals surface area contributed by atoms with Gasteiger partial charge in [-0.25, -0.2) is 0 Å². The summed E-state index contributed by atoms with van der Waals surface area (Å²) in [5, 5.41) is 0. The van der Waals surface area contributed by atoms with E-state index >= 15 is 0 Å². The minimum atomic E-state index is -0.363. The van der Waals surface area contributed by atoms with Crippen LogP contribution in [-0.4, -0.2) is 17.7 Å². The quantitative estimate of drug-likeness (QED) is 0.556. The smallest absolute Gasteiger partial charge is 0.0830 e. The summed E-state index contributed by atoms with van der Waals surface area (Å²) in [7, 11) is 1.67. The molecule has 1 rings (SSSR count). The van der Waals surface area contributed by atoms with Gasteiger partial charge in [0.2, 0.25) is 0 Å². The second kappa shape index (κ2) is 4.50. The fourth-order valence-electron chi connectivity index (χ4n) is 1.36. The van der Waals surface area contributed by atoms with Crippen LogP contribution in [-0.2, 0) is 4.74 Å². The first-order valence-electron chi connectivity index (χ1n) is 4.53. The van der Waals surface area contributed by atoms with Crippen LogP contribution in [0.2, 0.25) is 0 Å². The molecule has 4 nitrogen and oxygen atoms in total. The van der Waals surface area contributed by atoms with Crippen molar-refractivity contribution in [1.29, 1.82) is 0 Å². The van der Waals surface area contributed by atoms with Crippen molar-refractivity contribution in [2.75, 3.05) is 7.11 Å². The average molecular weight is 195 g/mol. The number of nitrogens with two attached hydrogens (primary N) is 1. The van der Waals surface area contributed by atoms with Gasteiger partial charge in [0, 0.05) is 19.5 Å². The minimum Gasteiger partial charge on any atom is -0.377 e. The summed E-state index contributed by atoms with van der Waals surface area (Å²) in [6.45, 7) is 3.95. The Hall–Kier alpha value is -0.970. The molecular formula is C10H17N3O. The van der Waals surface area contributed by atoms with E-state index in [2.05, 4.69) is 10.4 Å². The van der Waals surface area contributed by atoms with Crippen LogP contribution in [0.1, 0.15) is 25.5 Å². The third-order valence-electron chi connectivity index (χ3n) is 2.41. The molecule has 1 aromatic heterocycles. The topological polar surface area (TPSA) is 60.2 Å². The van der Waals surface area contributed by atoms with Crippen molar-refractivity contribution in [3.8, 4) is 0 Å². The zero-order valence-corrected chi connectivity index (χ0v) is 8.82. The summed E-state index contributed by atoms with van der Waals surface area (Å²) in [5.74, 6) is 5.51. The SMILES string of the molecule is COC(C)(C)C(NN)c1cccnc1. The van der Waals surface area contributed by atoms with E-state index in [1.807, 2.05) is 26.0 Å². The van der Waals surface area contributed by atoms with E-state index in [1.54, 1.807) is 19.5 Å². The number of hydrazine groups is 1. The lowest BCUT2D eigenvalue weighted by Crippen LogP contribution is -2.43. The molecule has 14 heavy (non-hydrogen) atoms. The van der Waals surface area contributed by atoms with E-state index in [0.717, 1.165) is 5.56 Å². The maximum atomic E-state index is 5.51. The Morgan fingerprint density at radius 3 is 2.71 bits per heavy atom. The molecule has 1 aromatic rings. The second-order valence-electron chi connectivity index (χ2n) is 3.69. The average Bonchev–Trinajstić information content (AvgIpc) is 2.20. The normalized spacial score (nSPS) is 14.0. The fraction of sp³-hybridized carbons (Fsp3) is 0.500. The molecule has 0 radical (unpaired) electrons. The van der Waals surface area contributed by atoms with Crippen molar-refractivity contribution < 1.29 is 4.74 Å². The van der Waals surface area contributed by atoms with E-state index in [4.69, 9.17) is 10.6 Å². The highest BCUT2D eigenvalue weighted by molar-refractivity contribution is 5.17. The van der Waals surface area contributed by atoms with Crippen molar-refractivity contribution in [2.45, 2.75) is 25.5 Å². The van der Waals surface area contributed by atoms with Crippen LogP contribution in [0.25, 0.3) is 0 Å². The van der Waals surface area contributed by atoms with Gasteiger partial charge in [0.1, 0.15) is 0 Å². The molecule has 0 aliphatic heterocycles. The number of hydrogen-bond acceptors (Lipinski definition) is 4. The predicted molar refractivity (Wildman–Crippen MR) is 55.4 cm³/mol. The third-order valence-corrected chi connectivity index (χ3v) is 2.41. The van der Waals surface area contributed by atoms with Crippen LogP contribution in [0, 0.1) is 0 Å². The first-order chi connectivity index (χ1) is 6.61. The largest absolute Gasteiger partial charge is 0.377 e. The van der Waals surface area contributed by atoms with Crippen LogP contribution in [0.3, 0.4) is 0 Å². The number of nitrogens with zero attached hydrogens (tertiary/aromatic N) is 1. The predicted octanol–water partition coefficient (Wildman–Crippen LogP) is 1.01. The van der Waals surface area contributed by atoms with Crippen molar-refractivity contribution in [1.82, 2.24) is 10.4 Å². The monoisotopic (exact) mass is 195 g/mol. The van der Waals surface area contributed by atoms with Crippen LogP contribution in [0.4, 0.5) is 0 Å². The molecule has 78 valence electrons. The van der Waals surface area contributed by atoms with E-state index in [1.165, 1.54) is 0 Å². The maximum Gasteiger partial charge on any atom is 0.0830 e. The lowest BCUT2D eigenvalue weighted by Gasteiger charge is -2.32. The fourth-order valence-corrected chi connectivity index (χ4v) is 1.36. The van der Waals surface area contributed by atoms with Crippen LogP contribution in [0.5, 0.6) is 0 Å².